The summed E-state index contributed by atoms with van der Waals surface area (Å²) in [6.07, 6.45) is 13.9. The van der Waals surface area contributed by atoms with Gasteiger partial charge in [0.05, 0.1) is 37.8 Å². The van der Waals surface area contributed by atoms with Crippen molar-refractivity contribution in [2.75, 3.05) is 18.5 Å². The number of aromatic hydroxyl groups is 1. The molecule has 0 saturated heterocycles. The number of phenols is 1. The van der Waals surface area contributed by atoms with E-state index in [0.29, 0.717) is 52.1 Å². The number of phenolic OH excluding ortho intramolecular Hbond substituents is 1. The van der Waals surface area contributed by atoms with Gasteiger partial charge < -0.3 is 50.2 Å². The van der Waals surface area contributed by atoms with E-state index in [9.17, 15) is 40.2 Å². The van der Waals surface area contributed by atoms with Gasteiger partial charge in [-0.3, -0.25) is 9.59 Å². The molecule has 14 unspecified atom stereocenters. The number of rotatable bonds is 10. The van der Waals surface area contributed by atoms with E-state index in [1.807, 2.05) is 30.3 Å². The highest BCUT2D eigenvalue weighted by Gasteiger charge is 2.69. The van der Waals surface area contributed by atoms with Crippen molar-refractivity contribution < 1.29 is 59.2 Å². The minimum atomic E-state index is -1.61. The summed E-state index contributed by atoms with van der Waals surface area (Å²) in [6, 6.07) is 15.4. The first kappa shape index (κ1) is 55.5. The van der Waals surface area contributed by atoms with Crippen molar-refractivity contribution in [2.45, 2.75) is 208 Å². The number of ketones is 1. The third-order valence-corrected chi connectivity index (χ3v) is 21.1. The number of Topliss-reactive ketones (excluding diaryl/α,β-unsaturated/α-hetero) is 1. The van der Waals surface area contributed by atoms with Crippen molar-refractivity contribution >= 4 is 23.4 Å². The molecule has 7 N–H and O–H groups in total. The van der Waals surface area contributed by atoms with Gasteiger partial charge in [0.1, 0.15) is 40.7 Å². The summed E-state index contributed by atoms with van der Waals surface area (Å²) >= 11 is 0. The highest BCUT2D eigenvalue weighted by molar-refractivity contribution is 5.89. The number of esters is 2. The molecule has 428 valence electrons. The van der Waals surface area contributed by atoms with E-state index in [-0.39, 0.29) is 116 Å². The summed E-state index contributed by atoms with van der Waals surface area (Å²) in [5, 5.41) is 76.8. The lowest BCUT2D eigenvalue weighted by molar-refractivity contribution is -0.265. The molecule has 80 heavy (non-hydrogen) atoms. The zero-order valence-electron chi connectivity index (χ0n) is 46.6. The van der Waals surface area contributed by atoms with Gasteiger partial charge in [-0.2, -0.15) is 0 Å². The SMILES string of the molecule is CC(O)(CNc1cc(CO)cc(C2C#CC3CC(=O)Oc4c3cc(c(O)c4C3CCCCC3)CC3OC(=O)C(=CC(O)Cc4cccc(c4)CC4C(=O)CC5CCC6C7CCCCC7C3(O)C5C46)C2)c1)C(O)COC1CCCCC1. The Bertz CT molecular complexity index is 2920. The van der Waals surface area contributed by atoms with E-state index in [1.165, 1.54) is 6.42 Å². The fourth-order valence-electron chi connectivity index (χ4n) is 17.2. The molecule has 0 amide bonds. The molecule has 14 atom stereocenters. The van der Waals surface area contributed by atoms with E-state index in [4.69, 9.17) is 14.2 Å². The number of carbonyl (C=O) groups excluding carboxylic acids is 3. The average molecular weight is 1090 g/mol. The van der Waals surface area contributed by atoms with E-state index in [1.54, 1.807) is 19.1 Å². The van der Waals surface area contributed by atoms with Gasteiger partial charge in [0.25, 0.3) is 0 Å². The largest absolute Gasteiger partial charge is 0.507 e. The number of hydrogen-bond acceptors (Lipinski definition) is 13. The summed E-state index contributed by atoms with van der Waals surface area (Å²) in [5.41, 5.74) is 2.13. The smallest absolute Gasteiger partial charge is 0.334 e. The summed E-state index contributed by atoms with van der Waals surface area (Å²) in [7, 11) is 0. The first-order chi connectivity index (χ1) is 38.6. The molecule has 3 aromatic carbocycles. The van der Waals surface area contributed by atoms with E-state index < -0.39 is 53.3 Å². The molecule has 9 aliphatic rings. The van der Waals surface area contributed by atoms with Gasteiger partial charge in [-0.15, -0.1) is 0 Å². The van der Waals surface area contributed by atoms with Crippen molar-refractivity contribution in [1.82, 2.24) is 0 Å². The maximum absolute atomic E-state index is 15.9. The molecule has 0 aromatic heterocycles. The molecule has 12 rings (SSSR count). The van der Waals surface area contributed by atoms with Gasteiger partial charge in [0.2, 0.25) is 0 Å². The first-order valence-corrected chi connectivity index (χ1v) is 30.7. The number of benzene rings is 3. The van der Waals surface area contributed by atoms with Crippen molar-refractivity contribution in [2.24, 2.45) is 41.4 Å². The molecule has 6 saturated carbocycles. The fraction of sp³-hybridized carbons (Fsp3) is 0.627. The lowest BCUT2D eigenvalue weighted by atomic mass is 9.40. The van der Waals surface area contributed by atoms with Crippen LogP contribution in [0.1, 0.15) is 186 Å². The Kier molecular flexibility index (Phi) is 15.9. The van der Waals surface area contributed by atoms with Crippen molar-refractivity contribution in [3.8, 4) is 23.3 Å². The summed E-state index contributed by atoms with van der Waals surface area (Å²) in [5.74, 6) is 3.80. The zero-order valence-corrected chi connectivity index (χ0v) is 46.6. The number of nitrogens with one attached hydrogen (secondary N) is 1. The predicted octanol–water partition coefficient (Wildman–Crippen LogP) is 9.33. The Morgan fingerprint density at radius 3 is 2.34 bits per heavy atom. The highest BCUT2D eigenvalue weighted by Crippen LogP contribution is 2.66. The van der Waals surface area contributed by atoms with Crippen molar-refractivity contribution in [1.29, 1.82) is 0 Å². The number of fused-ring (bicyclic) bond motifs is 10. The highest BCUT2D eigenvalue weighted by atomic mass is 16.6. The molecule has 13 heteroatoms. The van der Waals surface area contributed by atoms with Crippen molar-refractivity contribution in [3.63, 3.8) is 0 Å². The number of aliphatic hydroxyl groups excluding tert-OH is 3. The molecule has 6 fully saturated rings. The summed E-state index contributed by atoms with van der Waals surface area (Å²) in [6.45, 7) is 1.12. The van der Waals surface area contributed by atoms with E-state index in [2.05, 4.69) is 29.3 Å². The van der Waals surface area contributed by atoms with E-state index in [0.717, 1.165) is 107 Å². The first-order valence-electron chi connectivity index (χ1n) is 30.7. The Labute approximate surface area is 471 Å². The molecular weight excluding hydrogens is 1010 g/mol. The minimum Gasteiger partial charge on any atom is -0.507 e. The summed E-state index contributed by atoms with van der Waals surface area (Å²) in [4.78, 5) is 44.6. The number of hydrogen-bond donors (Lipinski definition) is 7. The maximum atomic E-state index is 15.9. The predicted molar refractivity (Wildman–Crippen MR) is 301 cm³/mol. The van der Waals surface area contributed by atoms with E-state index >= 15 is 4.79 Å². The van der Waals surface area contributed by atoms with Crippen LogP contribution in [0.3, 0.4) is 0 Å². The Morgan fingerprint density at radius 1 is 0.812 bits per heavy atom. The number of ether oxygens (including phenoxy) is 3. The van der Waals surface area contributed by atoms with Gasteiger partial charge >= 0.3 is 11.9 Å². The fourth-order valence-corrected chi connectivity index (χ4v) is 17.2. The van der Waals surface area contributed by atoms with Crippen LogP contribution in [0.4, 0.5) is 5.69 Å². The maximum Gasteiger partial charge on any atom is 0.334 e. The van der Waals surface area contributed by atoms with Gasteiger partial charge in [0, 0.05) is 60.0 Å². The summed E-state index contributed by atoms with van der Waals surface area (Å²) < 4.78 is 19.4. The monoisotopic (exact) mass is 1090 g/mol. The Morgan fingerprint density at radius 2 is 1.55 bits per heavy atom. The van der Waals surface area contributed by atoms with Crippen LogP contribution in [0, 0.1) is 53.3 Å². The van der Waals surface area contributed by atoms with Crippen LogP contribution < -0.4 is 10.1 Å². The van der Waals surface area contributed by atoms with Crippen LogP contribution in [0.5, 0.6) is 11.5 Å². The molecule has 13 nitrogen and oxygen atoms in total. The Hall–Kier alpha value is -5.07. The topological polar surface area (TPSA) is 212 Å². The number of aliphatic hydroxyl groups is 5. The molecule has 3 heterocycles. The quantitative estimate of drug-likeness (QED) is 0.0574. The molecule has 3 aromatic rings. The van der Waals surface area contributed by atoms with Gasteiger partial charge in [0.15, 0.2) is 0 Å². The van der Waals surface area contributed by atoms with Crippen LogP contribution in [-0.2, 0) is 49.7 Å². The zero-order chi connectivity index (χ0) is 55.5. The second-order valence-electron chi connectivity index (χ2n) is 26.2. The molecular formula is C67H83NO12. The Balaban J connectivity index is 1.01. The van der Waals surface area contributed by atoms with Gasteiger partial charge in [-0.05, 0) is 165 Å². The van der Waals surface area contributed by atoms with Gasteiger partial charge in [-0.25, -0.2) is 4.79 Å². The van der Waals surface area contributed by atoms with Crippen molar-refractivity contribution in [3.05, 3.63) is 99.1 Å². The molecule has 0 radical (unpaired) electrons. The lowest BCUT2D eigenvalue weighted by Crippen LogP contribution is -2.71. The normalized spacial score (nSPS) is 33.8. The lowest BCUT2D eigenvalue weighted by Gasteiger charge is -2.66. The third-order valence-electron chi connectivity index (χ3n) is 21.1. The third kappa shape index (κ3) is 10.8. The standard InChI is InChI=1S/C67H83NO12/c1-66(76,57(72)36-78-50-15-6-3-7-16-50)37-68-48-25-40(35-69)24-45(29-48)42-19-20-43-34-59(73)80-64-53(43)31-46(63(74)60(64)41-13-4-2-5-14-41)33-58-67(77)55-18-9-8-17-51(55)52-22-21-44-32-56(71)54(61(52)62(44)67)27-39-12-10-11-38(23-39)26-49(70)30-47(28-42)65(75)79-58/h10-12,23-25,29-31,41-44,49-52,54-55,57-58,61-62,68-70,72,74,76-77H,2-9,13-18,21-22,26-28,32-37H2,1H3. The molecule has 12 bridgehead atoms. The van der Waals surface area contributed by atoms with Crippen LogP contribution in [-0.4, -0.2) is 97.1 Å². The van der Waals surface area contributed by atoms with Crippen LogP contribution >= 0.6 is 0 Å². The number of carbonyl (C=O) groups is 3. The molecule has 0 spiro atoms. The molecule has 6 aliphatic carbocycles. The number of anilines is 1. The van der Waals surface area contributed by atoms with Crippen LogP contribution in [0.15, 0.2) is 60.2 Å². The minimum absolute atomic E-state index is 0.0133. The second kappa shape index (κ2) is 22.9. The van der Waals surface area contributed by atoms with Crippen LogP contribution in [0.25, 0.3) is 0 Å². The van der Waals surface area contributed by atoms with Gasteiger partial charge in [-0.1, -0.05) is 93.5 Å². The van der Waals surface area contributed by atoms with Crippen LogP contribution in [0.2, 0.25) is 0 Å². The second-order valence-corrected chi connectivity index (χ2v) is 26.2. The average Bonchev–Trinajstić information content (AvgIpc) is 3.64. The molecule has 3 aliphatic heterocycles.